The van der Waals surface area contributed by atoms with Crippen LogP contribution in [0.15, 0.2) is 24.3 Å². The summed E-state index contributed by atoms with van der Waals surface area (Å²) >= 11 is 0. The van der Waals surface area contributed by atoms with E-state index < -0.39 is 5.97 Å². The Hall–Kier alpha value is -2.04. The summed E-state index contributed by atoms with van der Waals surface area (Å²) < 4.78 is 6.11. The van der Waals surface area contributed by atoms with Gasteiger partial charge in [-0.1, -0.05) is 18.2 Å². The van der Waals surface area contributed by atoms with Crippen molar-refractivity contribution in [2.45, 2.75) is 64.0 Å². The number of hydrogen-bond acceptors (Lipinski definition) is 3. The Bertz CT molecular complexity index is 601. The highest BCUT2D eigenvalue weighted by Gasteiger charge is 2.29. The van der Waals surface area contributed by atoms with Crippen molar-refractivity contribution in [2.24, 2.45) is 11.8 Å². The fourth-order valence-corrected chi connectivity index (χ4v) is 3.88. The standard InChI is InChI=1S/C20H27NO4/c22-19(14-9-11-15(12-10-14)20(23)24)21-13-16-5-1-4-8-18(16)25-17-6-2-3-7-17/h1,4-5,8,14-15,17H,2-3,6-7,9-13H2,(H,21,22)(H,23,24). The number of carboxylic acid groups (broad SMARTS) is 1. The number of benzene rings is 1. The van der Waals surface area contributed by atoms with E-state index in [1.54, 1.807) is 0 Å². The van der Waals surface area contributed by atoms with Crippen molar-refractivity contribution in [1.29, 1.82) is 0 Å². The minimum absolute atomic E-state index is 0.0273. The summed E-state index contributed by atoms with van der Waals surface area (Å²) in [6.07, 6.45) is 7.45. The molecular weight excluding hydrogens is 318 g/mol. The number of carbonyl (C=O) groups excluding carboxylic acids is 1. The van der Waals surface area contributed by atoms with Crippen LogP contribution in [0.4, 0.5) is 0 Å². The highest BCUT2D eigenvalue weighted by Crippen LogP contribution is 2.30. The Morgan fingerprint density at radius 1 is 1.00 bits per heavy atom. The van der Waals surface area contributed by atoms with E-state index in [9.17, 15) is 9.59 Å². The summed E-state index contributed by atoms with van der Waals surface area (Å²) in [6.45, 7) is 0.459. The number of para-hydroxylation sites is 1. The minimum Gasteiger partial charge on any atom is -0.490 e. The van der Waals surface area contributed by atoms with Gasteiger partial charge in [-0.05, 0) is 57.4 Å². The highest BCUT2D eigenvalue weighted by molar-refractivity contribution is 5.79. The first-order chi connectivity index (χ1) is 12.1. The van der Waals surface area contributed by atoms with Crippen LogP contribution in [0.5, 0.6) is 5.75 Å². The van der Waals surface area contributed by atoms with Crippen LogP contribution in [-0.2, 0) is 16.1 Å². The zero-order valence-electron chi connectivity index (χ0n) is 14.6. The maximum Gasteiger partial charge on any atom is 0.306 e. The number of hydrogen-bond donors (Lipinski definition) is 2. The van der Waals surface area contributed by atoms with E-state index in [0.29, 0.717) is 38.3 Å². The topological polar surface area (TPSA) is 75.6 Å². The van der Waals surface area contributed by atoms with Gasteiger partial charge in [-0.25, -0.2) is 0 Å². The number of nitrogens with one attached hydrogen (secondary N) is 1. The highest BCUT2D eigenvalue weighted by atomic mass is 16.5. The molecule has 2 fully saturated rings. The summed E-state index contributed by atoms with van der Waals surface area (Å²) in [5.74, 6) is -0.205. The molecule has 2 aliphatic carbocycles. The van der Waals surface area contributed by atoms with Crippen LogP contribution in [0, 0.1) is 11.8 Å². The molecule has 0 atom stereocenters. The molecule has 0 aliphatic heterocycles. The molecule has 5 heteroatoms. The molecule has 1 aromatic carbocycles. The molecule has 0 spiro atoms. The minimum atomic E-state index is -0.739. The lowest BCUT2D eigenvalue weighted by Crippen LogP contribution is -2.34. The van der Waals surface area contributed by atoms with Crippen LogP contribution in [0.1, 0.15) is 56.9 Å². The zero-order chi connectivity index (χ0) is 17.6. The summed E-state index contributed by atoms with van der Waals surface area (Å²) in [5, 5.41) is 12.1. The number of carbonyl (C=O) groups is 2. The predicted octanol–water partition coefficient (Wildman–Crippen LogP) is 3.52. The van der Waals surface area contributed by atoms with Gasteiger partial charge in [0.25, 0.3) is 0 Å². The van der Waals surface area contributed by atoms with Crippen LogP contribution in [0.2, 0.25) is 0 Å². The van der Waals surface area contributed by atoms with E-state index >= 15 is 0 Å². The lowest BCUT2D eigenvalue weighted by Gasteiger charge is -2.25. The van der Waals surface area contributed by atoms with Crippen molar-refractivity contribution in [3.8, 4) is 5.75 Å². The predicted molar refractivity (Wildman–Crippen MR) is 94.3 cm³/mol. The second-order valence-electron chi connectivity index (χ2n) is 7.24. The molecule has 2 aliphatic rings. The Morgan fingerprint density at radius 2 is 1.64 bits per heavy atom. The molecule has 5 nitrogen and oxygen atoms in total. The van der Waals surface area contributed by atoms with E-state index in [2.05, 4.69) is 5.32 Å². The number of rotatable bonds is 6. The average Bonchev–Trinajstić information content (AvgIpc) is 3.14. The lowest BCUT2D eigenvalue weighted by molar-refractivity contribution is -0.144. The van der Waals surface area contributed by atoms with Crippen molar-refractivity contribution in [2.75, 3.05) is 0 Å². The molecule has 3 rings (SSSR count). The summed E-state index contributed by atoms with van der Waals surface area (Å²) in [7, 11) is 0. The summed E-state index contributed by atoms with van der Waals surface area (Å²) in [6, 6.07) is 7.88. The maximum atomic E-state index is 12.4. The maximum absolute atomic E-state index is 12.4. The van der Waals surface area contributed by atoms with Crippen LogP contribution in [-0.4, -0.2) is 23.1 Å². The first kappa shape index (κ1) is 17.8. The third kappa shape index (κ3) is 4.74. The molecular formula is C20H27NO4. The summed E-state index contributed by atoms with van der Waals surface area (Å²) in [4.78, 5) is 23.4. The third-order valence-corrected chi connectivity index (χ3v) is 5.47. The van der Waals surface area contributed by atoms with Crippen molar-refractivity contribution in [1.82, 2.24) is 5.32 Å². The first-order valence-corrected chi connectivity index (χ1v) is 9.38. The second kappa shape index (κ2) is 8.37. The van der Waals surface area contributed by atoms with Crippen LogP contribution < -0.4 is 10.1 Å². The van der Waals surface area contributed by atoms with Crippen molar-refractivity contribution < 1.29 is 19.4 Å². The SMILES string of the molecule is O=C(O)C1CCC(C(=O)NCc2ccccc2OC2CCCC2)CC1. The second-order valence-corrected chi connectivity index (χ2v) is 7.24. The molecule has 25 heavy (non-hydrogen) atoms. The molecule has 0 radical (unpaired) electrons. The number of aliphatic carboxylic acids is 1. The fraction of sp³-hybridized carbons (Fsp3) is 0.600. The Kier molecular flexibility index (Phi) is 5.95. The van der Waals surface area contributed by atoms with Gasteiger partial charge in [-0.2, -0.15) is 0 Å². The Morgan fingerprint density at radius 3 is 2.32 bits per heavy atom. The molecule has 1 aromatic rings. The smallest absolute Gasteiger partial charge is 0.306 e. The number of amides is 1. The molecule has 0 bridgehead atoms. The molecule has 1 amide bonds. The van der Waals surface area contributed by atoms with Gasteiger partial charge in [0.15, 0.2) is 0 Å². The molecule has 136 valence electrons. The molecule has 2 saturated carbocycles. The van der Waals surface area contributed by atoms with Crippen molar-refractivity contribution >= 4 is 11.9 Å². The van der Waals surface area contributed by atoms with Gasteiger partial charge < -0.3 is 15.2 Å². The van der Waals surface area contributed by atoms with Gasteiger partial charge in [0.2, 0.25) is 5.91 Å². The van der Waals surface area contributed by atoms with Gasteiger partial charge in [0, 0.05) is 18.0 Å². The normalized spacial score (nSPS) is 24.0. The van der Waals surface area contributed by atoms with Gasteiger partial charge in [0.05, 0.1) is 12.0 Å². The van der Waals surface area contributed by atoms with Crippen molar-refractivity contribution in [3.05, 3.63) is 29.8 Å². The van der Waals surface area contributed by atoms with E-state index in [0.717, 1.165) is 24.2 Å². The monoisotopic (exact) mass is 345 g/mol. The zero-order valence-corrected chi connectivity index (χ0v) is 14.6. The molecule has 0 unspecified atom stereocenters. The Labute approximate surface area is 148 Å². The quantitative estimate of drug-likeness (QED) is 0.827. The average molecular weight is 345 g/mol. The first-order valence-electron chi connectivity index (χ1n) is 9.38. The van der Waals surface area contributed by atoms with E-state index in [4.69, 9.17) is 9.84 Å². The number of carboxylic acids is 1. The lowest BCUT2D eigenvalue weighted by atomic mass is 9.81. The van der Waals surface area contributed by atoms with Gasteiger partial charge in [0.1, 0.15) is 5.75 Å². The fourth-order valence-electron chi connectivity index (χ4n) is 3.88. The third-order valence-electron chi connectivity index (χ3n) is 5.47. The van der Waals surface area contributed by atoms with Gasteiger partial charge >= 0.3 is 5.97 Å². The number of ether oxygens (including phenoxy) is 1. The van der Waals surface area contributed by atoms with Gasteiger partial charge in [-0.3, -0.25) is 9.59 Å². The van der Waals surface area contributed by atoms with Crippen LogP contribution >= 0.6 is 0 Å². The molecule has 2 N–H and O–H groups in total. The largest absolute Gasteiger partial charge is 0.490 e. The molecule has 0 heterocycles. The summed E-state index contributed by atoms with van der Waals surface area (Å²) in [5.41, 5.74) is 1.00. The van der Waals surface area contributed by atoms with E-state index in [1.165, 1.54) is 12.8 Å². The Balaban J connectivity index is 1.51. The van der Waals surface area contributed by atoms with Crippen LogP contribution in [0.25, 0.3) is 0 Å². The van der Waals surface area contributed by atoms with Crippen molar-refractivity contribution in [3.63, 3.8) is 0 Å². The van der Waals surface area contributed by atoms with E-state index in [-0.39, 0.29) is 17.7 Å². The van der Waals surface area contributed by atoms with Gasteiger partial charge in [-0.15, -0.1) is 0 Å². The molecule has 0 aromatic heterocycles. The molecule has 0 saturated heterocycles. The van der Waals surface area contributed by atoms with E-state index in [1.807, 2.05) is 24.3 Å². The van der Waals surface area contributed by atoms with Crippen LogP contribution in [0.3, 0.4) is 0 Å².